The number of anilines is 1. The molecule has 2 aromatic rings. The molecule has 1 atom stereocenters. The molecular weight excluding hydrogens is 512 g/mol. The van der Waals surface area contributed by atoms with Crippen molar-refractivity contribution in [2.45, 2.75) is 44.4 Å². The van der Waals surface area contributed by atoms with E-state index < -0.39 is 33.2 Å². The number of hydrogen-bond acceptors (Lipinski definition) is 6. The van der Waals surface area contributed by atoms with Crippen LogP contribution in [0.3, 0.4) is 0 Å². The van der Waals surface area contributed by atoms with E-state index in [1.54, 1.807) is 11.1 Å². The van der Waals surface area contributed by atoms with Crippen molar-refractivity contribution in [3.63, 3.8) is 0 Å². The third-order valence-electron chi connectivity index (χ3n) is 7.61. The van der Waals surface area contributed by atoms with Gasteiger partial charge in [0.25, 0.3) is 0 Å². The Morgan fingerprint density at radius 2 is 1.84 bits per heavy atom. The molecule has 200 valence electrons. The summed E-state index contributed by atoms with van der Waals surface area (Å²) in [5, 5.41) is 0. The number of sulfonamides is 1. The van der Waals surface area contributed by atoms with Gasteiger partial charge in [-0.3, -0.25) is 4.98 Å². The number of ether oxygens (including phenoxy) is 1. The number of nitrogens with zero attached hydrogens (tertiary/aromatic N) is 4. The minimum Gasteiger partial charge on any atom is -0.485 e. The zero-order valence-corrected chi connectivity index (χ0v) is 21.4. The average Bonchev–Trinajstić information content (AvgIpc) is 3.19. The summed E-state index contributed by atoms with van der Waals surface area (Å²) in [7, 11) is -3.23. The van der Waals surface area contributed by atoms with E-state index in [0.717, 1.165) is 22.6 Å². The Bertz CT molecular complexity index is 1340. The molecule has 12 heteroatoms. The molecule has 0 amide bonds. The monoisotopic (exact) mass is 540 g/mol. The summed E-state index contributed by atoms with van der Waals surface area (Å²) < 4.78 is 84.3. The Morgan fingerprint density at radius 3 is 2.43 bits per heavy atom. The summed E-state index contributed by atoms with van der Waals surface area (Å²) in [6.07, 6.45) is 3.49. The summed E-state index contributed by atoms with van der Waals surface area (Å²) in [5.41, 5.74) is 1.29. The average molecular weight is 541 g/mol. The largest absolute Gasteiger partial charge is 0.485 e. The second-order valence-corrected chi connectivity index (χ2v) is 12.1. The highest BCUT2D eigenvalue weighted by Crippen LogP contribution is 2.43. The van der Waals surface area contributed by atoms with Gasteiger partial charge >= 0.3 is 6.18 Å². The molecule has 0 saturated carbocycles. The highest BCUT2D eigenvalue weighted by molar-refractivity contribution is 7.88. The van der Waals surface area contributed by atoms with Gasteiger partial charge < -0.3 is 9.64 Å². The lowest BCUT2D eigenvalue weighted by molar-refractivity contribution is -0.138. The zero-order valence-electron chi connectivity index (χ0n) is 20.6. The van der Waals surface area contributed by atoms with Gasteiger partial charge in [0.2, 0.25) is 10.0 Å². The molecule has 0 N–H and O–H groups in total. The van der Waals surface area contributed by atoms with Gasteiger partial charge in [0, 0.05) is 50.3 Å². The predicted molar refractivity (Wildman–Crippen MR) is 130 cm³/mol. The first-order chi connectivity index (χ1) is 17.3. The summed E-state index contributed by atoms with van der Waals surface area (Å²) in [6.45, 7) is 3.72. The van der Waals surface area contributed by atoms with Crippen molar-refractivity contribution < 1.29 is 30.7 Å². The maximum atomic E-state index is 14.4. The molecule has 0 radical (unpaired) electrons. The van der Waals surface area contributed by atoms with Crippen molar-refractivity contribution >= 4 is 21.4 Å². The third kappa shape index (κ3) is 5.18. The first-order valence-corrected chi connectivity index (χ1v) is 14.0. The SMILES string of the molecule is CC1(C2CCN(c3ncc(C(F)(F)F)cc3F)CC2)Cc2cc(C3=CCN(S(C)(=O)=O)CC3)ncc2O1. The summed E-state index contributed by atoms with van der Waals surface area (Å²) in [6, 6.07) is 2.51. The number of alkyl halides is 3. The molecule has 1 unspecified atom stereocenters. The fourth-order valence-electron chi connectivity index (χ4n) is 5.49. The number of rotatable bonds is 4. The van der Waals surface area contributed by atoms with Crippen LogP contribution in [0.1, 0.15) is 43.0 Å². The number of fused-ring (bicyclic) bond motifs is 1. The highest BCUT2D eigenvalue weighted by Gasteiger charge is 2.44. The number of hydrogen-bond donors (Lipinski definition) is 0. The van der Waals surface area contributed by atoms with E-state index in [1.807, 2.05) is 19.1 Å². The van der Waals surface area contributed by atoms with E-state index in [-0.39, 0.29) is 11.7 Å². The number of piperidine rings is 1. The van der Waals surface area contributed by atoms with Crippen LogP contribution in [-0.4, -0.2) is 60.7 Å². The van der Waals surface area contributed by atoms with Crippen LogP contribution < -0.4 is 9.64 Å². The molecule has 0 spiro atoms. The van der Waals surface area contributed by atoms with Gasteiger partial charge in [0.1, 0.15) is 11.4 Å². The lowest BCUT2D eigenvalue weighted by Gasteiger charge is -2.40. The fourth-order valence-corrected chi connectivity index (χ4v) is 6.26. The van der Waals surface area contributed by atoms with Gasteiger partial charge in [-0.2, -0.15) is 17.5 Å². The second kappa shape index (κ2) is 9.23. The molecule has 3 aliphatic rings. The Morgan fingerprint density at radius 1 is 1.11 bits per heavy atom. The van der Waals surface area contributed by atoms with Crippen molar-refractivity contribution in [3.05, 3.63) is 53.2 Å². The van der Waals surface area contributed by atoms with Crippen molar-refractivity contribution in [3.8, 4) is 5.75 Å². The molecule has 1 fully saturated rings. The van der Waals surface area contributed by atoms with Crippen LogP contribution in [0.15, 0.2) is 30.6 Å². The van der Waals surface area contributed by atoms with E-state index in [0.29, 0.717) is 64.1 Å². The maximum absolute atomic E-state index is 14.4. The van der Waals surface area contributed by atoms with Gasteiger partial charge in [-0.15, -0.1) is 0 Å². The Labute approximate surface area is 213 Å². The molecule has 0 aliphatic carbocycles. The minimum atomic E-state index is -4.64. The van der Waals surface area contributed by atoms with E-state index >= 15 is 0 Å². The summed E-state index contributed by atoms with van der Waals surface area (Å²) >= 11 is 0. The van der Waals surface area contributed by atoms with Crippen LogP contribution >= 0.6 is 0 Å². The predicted octanol–water partition coefficient (Wildman–Crippen LogP) is 4.29. The lowest BCUT2D eigenvalue weighted by Crippen LogP contribution is -2.46. The second-order valence-electron chi connectivity index (χ2n) is 10.2. The molecular formula is C25H28F4N4O3S. The Balaban J connectivity index is 1.24. The molecule has 37 heavy (non-hydrogen) atoms. The van der Waals surface area contributed by atoms with E-state index in [1.165, 1.54) is 10.6 Å². The van der Waals surface area contributed by atoms with E-state index in [9.17, 15) is 26.0 Å². The van der Waals surface area contributed by atoms with Crippen LogP contribution in [0.2, 0.25) is 0 Å². The van der Waals surface area contributed by atoms with E-state index in [2.05, 4.69) is 9.97 Å². The first-order valence-electron chi connectivity index (χ1n) is 12.1. The van der Waals surface area contributed by atoms with Gasteiger partial charge in [0.05, 0.1) is 23.7 Å². The molecule has 7 nitrogen and oxygen atoms in total. The van der Waals surface area contributed by atoms with Crippen molar-refractivity contribution in [1.29, 1.82) is 0 Å². The zero-order chi connectivity index (χ0) is 26.6. The molecule has 3 aliphatic heterocycles. The highest BCUT2D eigenvalue weighted by atomic mass is 32.2. The standard InChI is InChI=1S/C25H28F4N4O3S/c1-24(18-5-7-32(8-6-18)23-20(26)12-19(14-31-23)25(27,28)29)13-17-11-21(30-15-22(17)36-24)16-3-9-33(10-4-16)37(2,34)35/h3,11-12,14-15,18H,4-10,13H2,1-2H3. The normalized spacial score (nSPS) is 23.5. The number of aromatic nitrogens is 2. The molecule has 1 saturated heterocycles. The number of pyridine rings is 2. The van der Waals surface area contributed by atoms with Crippen molar-refractivity contribution in [2.75, 3.05) is 37.3 Å². The lowest BCUT2D eigenvalue weighted by atomic mass is 9.79. The number of halogens is 4. The van der Waals surface area contributed by atoms with Gasteiger partial charge in [-0.25, -0.2) is 17.8 Å². The van der Waals surface area contributed by atoms with Crippen LogP contribution in [0.25, 0.3) is 5.57 Å². The van der Waals surface area contributed by atoms with Gasteiger partial charge in [-0.05, 0) is 43.9 Å². The molecule has 5 rings (SSSR count). The third-order valence-corrected chi connectivity index (χ3v) is 8.88. The first kappa shape index (κ1) is 25.9. The summed E-state index contributed by atoms with van der Waals surface area (Å²) in [5.74, 6) is -0.150. The smallest absolute Gasteiger partial charge is 0.417 e. The van der Waals surface area contributed by atoms with E-state index in [4.69, 9.17) is 4.74 Å². The Kier molecular flexibility index (Phi) is 6.46. The van der Waals surface area contributed by atoms with Crippen LogP contribution in [0.5, 0.6) is 5.75 Å². The maximum Gasteiger partial charge on any atom is 0.417 e. The molecule has 0 bridgehead atoms. The topological polar surface area (TPSA) is 75.6 Å². The molecule has 2 aromatic heterocycles. The van der Waals surface area contributed by atoms with Crippen molar-refractivity contribution in [2.24, 2.45) is 5.92 Å². The van der Waals surface area contributed by atoms with Crippen LogP contribution in [0, 0.1) is 11.7 Å². The van der Waals surface area contributed by atoms with Crippen LogP contribution in [-0.2, 0) is 22.6 Å². The summed E-state index contributed by atoms with van der Waals surface area (Å²) in [4.78, 5) is 10.0. The molecule has 5 heterocycles. The quantitative estimate of drug-likeness (QED) is 0.539. The van der Waals surface area contributed by atoms with Gasteiger partial charge in [-0.1, -0.05) is 6.08 Å². The minimum absolute atomic E-state index is 0.0590. The Hall–Kier alpha value is -2.73. The fraction of sp³-hybridized carbons (Fsp3) is 0.520. The van der Waals surface area contributed by atoms with Crippen LogP contribution in [0.4, 0.5) is 23.4 Å². The molecule has 0 aromatic carbocycles. The van der Waals surface area contributed by atoms with Gasteiger partial charge in [0.15, 0.2) is 11.6 Å². The van der Waals surface area contributed by atoms with Crippen molar-refractivity contribution in [1.82, 2.24) is 14.3 Å².